The summed E-state index contributed by atoms with van der Waals surface area (Å²) in [5.74, 6) is 0.826. The van der Waals surface area contributed by atoms with Gasteiger partial charge in [-0.15, -0.1) is 11.3 Å². The Morgan fingerprint density at radius 1 is 1.16 bits per heavy atom. The van der Waals surface area contributed by atoms with Crippen molar-refractivity contribution in [2.24, 2.45) is 0 Å². The van der Waals surface area contributed by atoms with E-state index in [2.05, 4.69) is 15.1 Å². The molecule has 9 heteroatoms. The van der Waals surface area contributed by atoms with Crippen LogP contribution >= 0.6 is 11.3 Å². The lowest BCUT2D eigenvalue weighted by atomic mass is 10.1. The van der Waals surface area contributed by atoms with Crippen molar-refractivity contribution in [2.75, 3.05) is 13.1 Å². The highest BCUT2D eigenvalue weighted by Crippen LogP contribution is 2.35. The van der Waals surface area contributed by atoms with Gasteiger partial charge in [-0.05, 0) is 44.2 Å². The number of rotatable bonds is 4. The smallest absolute Gasteiger partial charge is 0.268 e. The van der Waals surface area contributed by atoms with Crippen LogP contribution in [0.3, 0.4) is 0 Å². The molecule has 1 fully saturated rings. The molecule has 4 heterocycles. The van der Waals surface area contributed by atoms with Crippen LogP contribution in [0.4, 0.5) is 0 Å². The Morgan fingerprint density at radius 3 is 2.72 bits per heavy atom. The van der Waals surface area contributed by atoms with Crippen LogP contribution in [0.1, 0.15) is 30.4 Å². The number of thiophene rings is 1. The molecule has 1 aromatic carbocycles. The van der Waals surface area contributed by atoms with Crippen LogP contribution in [-0.2, 0) is 11.3 Å². The maximum absolute atomic E-state index is 13.2. The highest BCUT2D eigenvalue weighted by atomic mass is 32.1. The van der Waals surface area contributed by atoms with Gasteiger partial charge in [0.25, 0.3) is 11.4 Å². The summed E-state index contributed by atoms with van der Waals surface area (Å²) in [5.41, 5.74) is 2.47. The van der Waals surface area contributed by atoms with Crippen molar-refractivity contribution in [3.8, 4) is 22.2 Å². The summed E-state index contributed by atoms with van der Waals surface area (Å²) >= 11 is 1.34. The van der Waals surface area contributed by atoms with E-state index in [1.54, 1.807) is 0 Å². The molecule has 1 amide bonds. The number of hydrogen-bond donors (Lipinski definition) is 0. The molecule has 0 radical (unpaired) electrons. The molecule has 1 saturated heterocycles. The monoisotopic (exact) mass is 449 g/mol. The Labute approximate surface area is 188 Å². The number of carbonyl (C=O) groups is 1. The molecule has 0 unspecified atom stereocenters. The largest absolute Gasteiger partial charge is 0.341 e. The summed E-state index contributed by atoms with van der Waals surface area (Å²) in [4.78, 5) is 38.0. The summed E-state index contributed by atoms with van der Waals surface area (Å²) in [6.07, 6.45) is 4.63. The molecular formula is C23H23N5O3S. The number of aryl methyl sites for hydroxylation is 2. The SMILES string of the molecule is Cc1ccccc1-c1noc(-c2sc3ncn(CC(=O)N4CCCCC4)c(=O)c3c2C)n1. The van der Waals surface area contributed by atoms with Crippen molar-refractivity contribution in [3.63, 3.8) is 0 Å². The summed E-state index contributed by atoms with van der Waals surface area (Å²) in [5, 5.41) is 4.63. The Morgan fingerprint density at radius 2 is 1.94 bits per heavy atom. The van der Waals surface area contributed by atoms with Gasteiger partial charge >= 0.3 is 0 Å². The number of piperidine rings is 1. The maximum atomic E-state index is 13.2. The summed E-state index contributed by atoms with van der Waals surface area (Å²) in [7, 11) is 0. The average molecular weight is 450 g/mol. The number of likely N-dealkylation sites (tertiary alicyclic amines) is 1. The first-order valence-corrected chi connectivity index (χ1v) is 11.5. The van der Waals surface area contributed by atoms with Crippen LogP contribution in [0.25, 0.3) is 32.4 Å². The number of fused-ring (bicyclic) bond motifs is 1. The molecule has 3 aromatic heterocycles. The van der Waals surface area contributed by atoms with Crippen molar-refractivity contribution < 1.29 is 9.32 Å². The number of carbonyl (C=O) groups excluding carboxylic acids is 1. The molecule has 1 aliphatic heterocycles. The second-order valence-electron chi connectivity index (χ2n) is 8.09. The normalized spacial score (nSPS) is 14.2. The van der Waals surface area contributed by atoms with Gasteiger partial charge in [0.2, 0.25) is 11.7 Å². The lowest BCUT2D eigenvalue weighted by molar-refractivity contribution is -0.132. The van der Waals surface area contributed by atoms with Gasteiger partial charge in [0.1, 0.15) is 11.4 Å². The van der Waals surface area contributed by atoms with Crippen LogP contribution in [0.5, 0.6) is 0 Å². The van der Waals surface area contributed by atoms with E-state index in [4.69, 9.17) is 4.52 Å². The minimum absolute atomic E-state index is 0.00435. The van der Waals surface area contributed by atoms with E-state index in [0.29, 0.717) is 21.9 Å². The predicted octanol–water partition coefficient (Wildman–Crippen LogP) is 3.80. The lowest BCUT2D eigenvalue weighted by Crippen LogP contribution is -2.39. The van der Waals surface area contributed by atoms with Gasteiger partial charge in [0, 0.05) is 18.7 Å². The molecule has 0 spiro atoms. The topological polar surface area (TPSA) is 94.1 Å². The van der Waals surface area contributed by atoms with Gasteiger partial charge in [0.15, 0.2) is 0 Å². The molecule has 0 aliphatic carbocycles. The highest BCUT2D eigenvalue weighted by molar-refractivity contribution is 7.22. The maximum Gasteiger partial charge on any atom is 0.268 e. The number of amides is 1. The van der Waals surface area contributed by atoms with Crippen molar-refractivity contribution >= 4 is 27.5 Å². The molecule has 164 valence electrons. The zero-order chi connectivity index (χ0) is 22.2. The Bertz CT molecular complexity index is 1360. The summed E-state index contributed by atoms with van der Waals surface area (Å²) < 4.78 is 6.93. The van der Waals surface area contributed by atoms with Crippen molar-refractivity contribution in [1.82, 2.24) is 24.6 Å². The molecule has 32 heavy (non-hydrogen) atoms. The third kappa shape index (κ3) is 3.62. The van der Waals surface area contributed by atoms with Crippen molar-refractivity contribution in [3.05, 3.63) is 52.1 Å². The highest BCUT2D eigenvalue weighted by Gasteiger charge is 2.22. The van der Waals surface area contributed by atoms with Gasteiger partial charge < -0.3 is 9.42 Å². The number of hydrogen-bond acceptors (Lipinski definition) is 7. The van der Waals surface area contributed by atoms with E-state index in [1.165, 1.54) is 22.2 Å². The average Bonchev–Trinajstić information content (AvgIpc) is 3.41. The third-order valence-electron chi connectivity index (χ3n) is 5.94. The Balaban J connectivity index is 1.48. The molecule has 8 nitrogen and oxygen atoms in total. The standard InChI is InChI=1S/C23H23N5O3S/c1-14-8-4-5-9-16(14)20-25-21(31-26-20)19-15(2)18-22(32-19)24-13-28(23(18)30)12-17(29)27-10-6-3-7-11-27/h4-5,8-9,13H,3,6-7,10-12H2,1-2H3. The van der Waals surface area contributed by atoms with Gasteiger partial charge in [-0.25, -0.2) is 4.98 Å². The fourth-order valence-electron chi connectivity index (χ4n) is 4.11. The van der Waals surface area contributed by atoms with Crippen LogP contribution in [0, 0.1) is 13.8 Å². The zero-order valence-corrected chi connectivity index (χ0v) is 18.8. The summed E-state index contributed by atoms with van der Waals surface area (Å²) in [6, 6.07) is 7.83. The van der Waals surface area contributed by atoms with Crippen molar-refractivity contribution in [2.45, 2.75) is 39.7 Å². The third-order valence-corrected chi connectivity index (χ3v) is 7.13. The predicted molar refractivity (Wildman–Crippen MR) is 123 cm³/mol. The van der Waals surface area contributed by atoms with Gasteiger partial charge in [-0.1, -0.05) is 29.4 Å². The summed E-state index contributed by atoms with van der Waals surface area (Å²) in [6.45, 7) is 5.36. The van der Waals surface area contributed by atoms with Gasteiger partial charge in [-0.2, -0.15) is 4.98 Å². The second-order valence-corrected chi connectivity index (χ2v) is 9.09. The minimum Gasteiger partial charge on any atom is -0.341 e. The van der Waals surface area contributed by atoms with Crippen LogP contribution in [0.2, 0.25) is 0 Å². The zero-order valence-electron chi connectivity index (χ0n) is 18.0. The molecule has 0 atom stereocenters. The number of benzene rings is 1. The molecule has 4 aromatic rings. The molecule has 5 rings (SSSR count). The van der Waals surface area contributed by atoms with E-state index in [9.17, 15) is 9.59 Å². The lowest BCUT2D eigenvalue weighted by Gasteiger charge is -2.26. The number of nitrogens with zero attached hydrogens (tertiary/aromatic N) is 5. The van der Waals surface area contributed by atoms with E-state index in [1.807, 2.05) is 43.0 Å². The van der Waals surface area contributed by atoms with Crippen LogP contribution < -0.4 is 5.56 Å². The fraction of sp³-hybridized carbons (Fsp3) is 0.348. The number of aromatic nitrogens is 4. The van der Waals surface area contributed by atoms with Crippen LogP contribution in [-0.4, -0.2) is 43.6 Å². The quantitative estimate of drug-likeness (QED) is 0.470. The molecular weight excluding hydrogens is 426 g/mol. The van der Waals surface area contributed by atoms with E-state index in [-0.39, 0.29) is 18.0 Å². The van der Waals surface area contributed by atoms with E-state index in [0.717, 1.165) is 53.9 Å². The molecule has 0 saturated carbocycles. The second kappa shape index (κ2) is 8.31. The van der Waals surface area contributed by atoms with Crippen LogP contribution in [0.15, 0.2) is 39.9 Å². The first-order valence-electron chi connectivity index (χ1n) is 10.7. The molecule has 0 bridgehead atoms. The van der Waals surface area contributed by atoms with Gasteiger partial charge in [0.05, 0.1) is 16.6 Å². The van der Waals surface area contributed by atoms with Gasteiger partial charge in [-0.3, -0.25) is 14.2 Å². The first-order chi connectivity index (χ1) is 15.5. The first kappa shape index (κ1) is 20.6. The fourth-order valence-corrected chi connectivity index (χ4v) is 5.17. The molecule has 0 N–H and O–H groups in total. The van der Waals surface area contributed by atoms with Crippen molar-refractivity contribution in [1.29, 1.82) is 0 Å². The van der Waals surface area contributed by atoms with E-state index < -0.39 is 0 Å². The Hall–Kier alpha value is -3.33. The minimum atomic E-state index is -0.223. The molecule has 1 aliphatic rings. The Kier molecular flexibility index (Phi) is 5.34. The van der Waals surface area contributed by atoms with E-state index >= 15 is 0 Å².